The molecule has 0 aliphatic heterocycles. The third-order valence-electron chi connectivity index (χ3n) is 7.59. The Morgan fingerprint density at radius 3 is 2.54 bits per heavy atom. The molecule has 1 unspecified atom stereocenters. The fraction of sp³-hybridized carbons (Fsp3) is 0.714. The van der Waals surface area contributed by atoms with Crippen molar-refractivity contribution in [3.63, 3.8) is 0 Å². The lowest BCUT2D eigenvalue weighted by atomic mass is 9.53. The van der Waals surface area contributed by atoms with Crippen LogP contribution in [-0.2, 0) is 12.8 Å². The average Bonchev–Trinajstić information content (AvgIpc) is 2.90. The van der Waals surface area contributed by atoms with Crippen molar-refractivity contribution in [2.45, 2.75) is 70.3 Å². The Labute approximate surface area is 157 Å². The molecule has 5 aliphatic carbocycles. The summed E-state index contributed by atoms with van der Waals surface area (Å²) >= 11 is 1.75. The number of hydrogen-bond acceptors (Lipinski definition) is 4. The number of anilines is 1. The first-order valence-corrected chi connectivity index (χ1v) is 11.2. The number of nitrogens with one attached hydrogen (secondary N) is 2. The Kier molecular flexibility index (Phi) is 3.22. The van der Waals surface area contributed by atoms with E-state index in [1.165, 1.54) is 55.4 Å². The summed E-state index contributed by atoms with van der Waals surface area (Å²) in [6.07, 6.45) is 11.4. The molecule has 0 aromatic carbocycles. The van der Waals surface area contributed by atoms with E-state index in [2.05, 4.69) is 17.2 Å². The van der Waals surface area contributed by atoms with Gasteiger partial charge in [-0.25, -0.2) is 4.98 Å². The molecule has 4 nitrogen and oxygen atoms in total. The van der Waals surface area contributed by atoms with Crippen molar-refractivity contribution in [2.24, 2.45) is 23.7 Å². The Balaban J connectivity index is 1.38. The minimum Gasteiger partial charge on any atom is -0.350 e. The number of aromatic nitrogens is 2. The molecule has 26 heavy (non-hydrogen) atoms. The van der Waals surface area contributed by atoms with E-state index in [1.54, 1.807) is 11.3 Å². The molecule has 0 amide bonds. The molecule has 2 aromatic rings. The monoisotopic (exact) mass is 369 g/mol. The highest BCUT2D eigenvalue weighted by atomic mass is 32.1. The van der Waals surface area contributed by atoms with Crippen molar-refractivity contribution in [3.8, 4) is 0 Å². The number of hydrogen-bond donors (Lipinski definition) is 2. The Hall–Kier alpha value is -1.36. The fourth-order valence-corrected chi connectivity index (χ4v) is 8.31. The summed E-state index contributed by atoms with van der Waals surface area (Å²) in [4.78, 5) is 23.2. The largest absolute Gasteiger partial charge is 0.350 e. The first-order valence-electron chi connectivity index (χ1n) is 10.4. The van der Waals surface area contributed by atoms with E-state index in [9.17, 15) is 4.79 Å². The maximum absolute atomic E-state index is 12.9. The third-order valence-corrected chi connectivity index (χ3v) is 8.74. The number of rotatable bonds is 2. The van der Waals surface area contributed by atoms with Crippen LogP contribution in [0.2, 0.25) is 0 Å². The molecule has 2 aromatic heterocycles. The maximum atomic E-state index is 12.9. The topological polar surface area (TPSA) is 57.8 Å². The van der Waals surface area contributed by atoms with Crippen LogP contribution in [0.3, 0.4) is 0 Å². The highest BCUT2D eigenvalue weighted by Crippen LogP contribution is 2.56. The number of aryl methyl sites for hydroxylation is 1. The quantitative estimate of drug-likeness (QED) is 0.820. The van der Waals surface area contributed by atoms with E-state index in [1.807, 2.05) is 0 Å². The molecule has 4 saturated carbocycles. The second-order valence-electron chi connectivity index (χ2n) is 9.77. The fourth-order valence-electron chi connectivity index (χ4n) is 6.92. The van der Waals surface area contributed by atoms with Crippen LogP contribution >= 0.6 is 11.3 Å². The summed E-state index contributed by atoms with van der Waals surface area (Å²) in [6.45, 7) is 2.31. The third kappa shape index (κ3) is 2.32. The molecule has 4 fully saturated rings. The Morgan fingerprint density at radius 1 is 1.15 bits per heavy atom. The molecule has 5 aliphatic rings. The second-order valence-corrected chi connectivity index (χ2v) is 10.9. The van der Waals surface area contributed by atoms with Gasteiger partial charge in [0.1, 0.15) is 4.83 Å². The van der Waals surface area contributed by atoms with Gasteiger partial charge in [-0.1, -0.05) is 6.92 Å². The molecule has 0 spiro atoms. The van der Waals surface area contributed by atoms with Gasteiger partial charge < -0.3 is 5.32 Å². The lowest BCUT2D eigenvalue weighted by Gasteiger charge is -2.56. The molecule has 5 heteroatoms. The van der Waals surface area contributed by atoms with Gasteiger partial charge in [0.05, 0.1) is 5.39 Å². The van der Waals surface area contributed by atoms with Crippen LogP contribution in [0.5, 0.6) is 0 Å². The highest BCUT2D eigenvalue weighted by Gasteiger charge is 2.51. The molecule has 0 radical (unpaired) electrons. The number of nitrogens with zero attached hydrogens (tertiary/aromatic N) is 1. The summed E-state index contributed by atoms with van der Waals surface area (Å²) in [6, 6.07) is 0. The summed E-state index contributed by atoms with van der Waals surface area (Å²) in [7, 11) is 0. The van der Waals surface area contributed by atoms with Crippen LogP contribution in [0.4, 0.5) is 5.95 Å². The lowest BCUT2D eigenvalue weighted by Crippen LogP contribution is -2.55. The predicted molar refractivity (Wildman–Crippen MR) is 106 cm³/mol. The van der Waals surface area contributed by atoms with Crippen molar-refractivity contribution in [1.29, 1.82) is 0 Å². The standard InChI is InChI=1S/C21H27N3OS/c1-11-2-3-15-16(4-11)26-19-17(15)18(25)22-20(23-19)24-21-8-12-5-13(9-21)7-14(6-12)10-21/h11-14H,2-10H2,1H3,(H2,22,23,24,25). The number of H-pyrrole nitrogens is 1. The minimum atomic E-state index is 0.0641. The van der Waals surface area contributed by atoms with Gasteiger partial charge in [0.25, 0.3) is 5.56 Å². The molecule has 2 heterocycles. The van der Waals surface area contributed by atoms with Crippen molar-refractivity contribution in [1.82, 2.24) is 9.97 Å². The molecule has 2 N–H and O–H groups in total. The zero-order valence-electron chi connectivity index (χ0n) is 15.4. The zero-order chi connectivity index (χ0) is 17.5. The maximum Gasteiger partial charge on any atom is 0.261 e. The zero-order valence-corrected chi connectivity index (χ0v) is 16.3. The van der Waals surface area contributed by atoms with Gasteiger partial charge in [-0.3, -0.25) is 9.78 Å². The molecule has 1 atom stereocenters. The summed E-state index contributed by atoms with van der Waals surface area (Å²) < 4.78 is 0. The van der Waals surface area contributed by atoms with Crippen LogP contribution in [0.1, 0.15) is 62.3 Å². The van der Waals surface area contributed by atoms with Gasteiger partial charge in [-0.15, -0.1) is 11.3 Å². The molecule has 7 rings (SSSR count). The highest BCUT2D eigenvalue weighted by molar-refractivity contribution is 7.18. The van der Waals surface area contributed by atoms with Crippen molar-refractivity contribution < 1.29 is 0 Å². The average molecular weight is 370 g/mol. The van der Waals surface area contributed by atoms with E-state index >= 15 is 0 Å². The summed E-state index contributed by atoms with van der Waals surface area (Å²) in [5.41, 5.74) is 1.52. The minimum absolute atomic E-state index is 0.0641. The smallest absolute Gasteiger partial charge is 0.261 e. The number of fused-ring (bicyclic) bond motifs is 3. The molecule has 138 valence electrons. The Bertz CT molecular complexity index is 907. The van der Waals surface area contributed by atoms with Gasteiger partial charge in [0, 0.05) is 10.4 Å². The van der Waals surface area contributed by atoms with Crippen LogP contribution < -0.4 is 10.9 Å². The summed E-state index contributed by atoms with van der Waals surface area (Å²) in [5.74, 6) is 4.11. The van der Waals surface area contributed by atoms with E-state index < -0.39 is 0 Å². The number of thiophene rings is 1. The van der Waals surface area contributed by atoms with Gasteiger partial charge in [0.15, 0.2) is 0 Å². The second kappa shape index (κ2) is 5.34. The van der Waals surface area contributed by atoms with Gasteiger partial charge in [-0.05, 0) is 87.0 Å². The van der Waals surface area contributed by atoms with Gasteiger partial charge >= 0.3 is 0 Å². The first-order chi connectivity index (χ1) is 12.6. The van der Waals surface area contributed by atoms with Crippen LogP contribution in [0.15, 0.2) is 4.79 Å². The van der Waals surface area contributed by atoms with Crippen molar-refractivity contribution in [2.75, 3.05) is 5.32 Å². The molecule has 0 saturated heterocycles. The van der Waals surface area contributed by atoms with Crippen molar-refractivity contribution in [3.05, 3.63) is 20.8 Å². The predicted octanol–water partition coefficient (Wildman–Crippen LogP) is 4.49. The van der Waals surface area contributed by atoms with Crippen LogP contribution in [-0.4, -0.2) is 15.5 Å². The lowest BCUT2D eigenvalue weighted by molar-refractivity contribution is 0.0104. The Morgan fingerprint density at radius 2 is 1.85 bits per heavy atom. The molecule has 4 bridgehead atoms. The van der Waals surface area contributed by atoms with Crippen LogP contribution in [0.25, 0.3) is 10.2 Å². The van der Waals surface area contributed by atoms with E-state index in [0.29, 0.717) is 0 Å². The van der Waals surface area contributed by atoms with E-state index in [-0.39, 0.29) is 11.1 Å². The summed E-state index contributed by atoms with van der Waals surface area (Å²) in [5, 5.41) is 4.62. The SMILES string of the molecule is CC1CCc2c(sc3nc(NC45CC6CC(CC(C6)C4)C5)[nH]c(=O)c23)C1. The van der Waals surface area contributed by atoms with Gasteiger partial charge in [-0.2, -0.15) is 0 Å². The molecular formula is C21H27N3OS. The normalized spacial score (nSPS) is 37.9. The van der Waals surface area contributed by atoms with E-state index in [4.69, 9.17) is 4.98 Å². The van der Waals surface area contributed by atoms with Crippen LogP contribution in [0, 0.1) is 23.7 Å². The number of aromatic amines is 1. The van der Waals surface area contributed by atoms with E-state index in [0.717, 1.165) is 52.7 Å². The molecular weight excluding hydrogens is 342 g/mol. The first kappa shape index (κ1) is 15.7. The van der Waals surface area contributed by atoms with Gasteiger partial charge in [0.2, 0.25) is 5.95 Å². The van der Waals surface area contributed by atoms with Crippen molar-refractivity contribution >= 4 is 27.5 Å².